The predicted molar refractivity (Wildman–Crippen MR) is 125 cm³/mol. The third kappa shape index (κ3) is 9.29. The summed E-state index contributed by atoms with van der Waals surface area (Å²) in [7, 11) is 0. The Morgan fingerprint density at radius 3 is 1.70 bits per heavy atom. The standard InChI is InChI=1S/C28H34O2/c1-5-6-19-28(20-13-18-27(2,3)4,23-29-21-25-14-9-7-10-15-25)24-30-22-26-16-11-8-12-17-26/h7-12,14-18,20H,19,21-24H2,1-4H3. The monoisotopic (exact) mass is 402 g/mol. The highest BCUT2D eigenvalue weighted by molar-refractivity contribution is 5.15. The van der Waals surface area contributed by atoms with Gasteiger partial charge in [0.25, 0.3) is 0 Å². The largest absolute Gasteiger partial charge is 0.376 e. The van der Waals surface area contributed by atoms with Crippen LogP contribution in [0.4, 0.5) is 0 Å². The summed E-state index contributed by atoms with van der Waals surface area (Å²) in [4.78, 5) is 0. The van der Waals surface area contributed by atoms with Gasteiger partial charge in [-0.1, -0.05) is 81.4 Å². The van der Waals surface area contributed by atoms with Gasteiger partial charge in [-0.2, -0.15) is 0 Å². The molecule has 0 bridgehead atoms. The number of benzene rings is 2. The van der Waals surface area contributed by atoms with Crippen LogP contribution in [-0.4, -0.2) is 13.2 Å². The molecule has 2 aromatic rings. The van der Waals surface area contributed by atoms with Crippen molar-refractivity contribution in [3.63, 3.8) is 0 Å². The third-order valence-corrected chi connectivity index (χ3v) is 4.53. The number of hydrogen-bond donors (Lipinski definition) is 0. The molecule has 0 saturated carbocycles. The summed E-state index contributed by atoms with van der Waals surface area (Å²) in [6, 6.07) is 20.5. The maximum absolute atomic E-state index is 6.13. The quantitative estimate of drug-likeness (QED) is 0.330. The molecule has 0 aromatic heterocycles. The van der Waals surface area contributed by atoms with E-state index in [-0.39, 0.29) is 10.8 Å². The second kappa shape index (κ2) is 12.2. The fourth-order valence-corrected chi connectivity index (χ4v) is 2.90. The summed E-state index contributed by atoms with van der Waals surface area (Å²) in [5, 5.41) is 0. The Morgan fingerprint density at radius 1 is 0.767 bits per heavy atom. The molecule has 0 spiro atoms. The van der Waals surface area contributed by atoms with Crippen molar-refractivity contribution in [2.24, 2.45) is 10.8 Å². The molecule has 158 valence electrons. The molecule has 2 nitrogen and oxygen atoms in total. The molecule has 0 radical (unpaired) electrons. The number of hydrogen-bond acceptors (Lipinski definition) is 2. The predicted octanol–water partition coefficient (Wildman–Crippen LogP) is 6.58. The van der Waals surface area contributed by atoms with Crippen LogP contribution >= 0.6 is 0 Å². The zero-order chi connectivity index (χ0) is 21.7. The van der Waals surface area contributed by atoms with Crippen molar-refractivity contribution in [1.82, 2.24) is 0 Å². The van der Waals surface area contributed by atoms with Crippen molar-refractivity contribution in [2.45, 2.75) is 47.3 Å². The molecule has 0 heterocycles. The maximum atomic E-state index is 6.13. The molecule has 2 aromatic carbocycles. The fraction of sp³-hybridized carbons (Fsp3) is 0.393. The van der Waals surface area contributed by atoms with Crippen LogP contribution in [0.5, 0.6) is 0 Å². The van der Waals surface area contributed by atoms with E-state index >= 15 is 0 Å². The minimum atomic E-state index is -0.353. The van der Waals surface area contributed by atoms with Crippen LogP contribution < -0.4 is 0 Å². The Hall–Kier alpha value is -2.56. The van der Waals surface area contributed by atoms with Gasteiger partial charge >= 0.3 is 0 Å². The zero-order valence-electron chi connectivity index (χ0n) is 18.8. The van der Waals surface area contributed by atoms with Crippen molar-refractivity contribution >= 4 is 0 Å². The third-order valence-electron chi connectivity index (χ3n) is 4.53. The van der Waals surface area contributed by atoms with E-state index in [1.54, 1.807) is 0 Å². The highest BCUT2D eigenvalue weighted by atomic mass is 16.5. The first kappa shape index (κ1) is 23.7. The molecule has 0 saturated heterocycles. The van der Waals surface area contributed by atoms with Crippen molar-refractivity contribution in [2.75, 3.05) is 13.2 Å². The van der Waals surface area contributed by atoms with Gasteiger partial charge in [0, 0.05) is 6.42 Å². The molecule has 0 fully saturated rings. The van der Waals surface area contributed by atoms with Gasteiger partial charge in [0.2, 0.25) is 0 Å². The molecule has 0 aliphatic carbocycles. The van der Waals surface area contributed by atoms with Gasteiger partial charge in [-0.3, -0.25) is 0 Å². The zero-order valence-corrected chi connectivity index (χ0v) is 18.8. The van der Waals surface area contributed by atoms with E-state index in [0.29, 0.717) is 32.8 Å². The number of ether oxygens (including phenoxy) is 2. The van der Waals surface area contributed by atoms with Gasteiger partial charge in [0.1, 0.15) is 0 Å². The minimum absolute atomic E-state index is 0.0640. The van der Waals surface area contributed by atoms with Crippen molar-refractivity contribution in [3.8, 4) is 11.8 Å². The lowest BCUT2D eigenvalue weighted by Gasteiger charge is -2.28. The second-order valence-electron chi connectivity index (χ2n) is 8.74. The number of rotatable bonds is 10. The Kier molecular flexibility index (Phi) is 9.65. The molecule has 0 amide bonds. The molecule has 0 unspecified atom stereocenters. The normalized spacial score (nSPS) is 11.2. The van der Waals surface area contributed by atoms with Crippen molar-refractivity contribution in [3.05, 3.63) is 89.7 Å². The molecule has 30 heavy (non-hydrogen) atoms. The molecule has 0 atom stereocenters. The summed E-state index contributed by atoms with van der Waals surface area (Å²) in [5.41, 5.74) is 5.43. The van der Waals surface area contributed by atoms with Crippen LogP contribution in [-0.2, 0) is 22.7 Å². The Labute approximate surface area is 182 Å². The fourth-order valence-electron chi connectivity index (χ4n) is 2.90. The van der Waals surface area contributed by atoms with E-state index in [9.17, 15) is 0 Å². The van der Waals surface area contributed by atoms with E-state index in [1.807, 2.05) is 43.3 Å². The van der Waals surface area contributed by atoms with E-state index in [0.717, 1.165) is 11.1 Å². The first-order valence-electron chi connectivity index (χ1n) is 10.5. The van der Waals surface area contributed by atoms with Gasteiger partial charge in [-0.05, 0) is 35.6 Å². The smallest absolute Gasteiger partial charge is 0.0717 e. The van der Waals surface area contributed by atoms with E-state index in [1.165, 1.54) is 0 Å². The molecule has 0 aliphatic rings. The summed E-state index contributed by atoms with van der Waals surface area (Å²) in [6.45, 7) is 10.6. The van der Waals surface area contributed by atoms with E-state index < -0.39 is 0 Å². The lowest BCUT2D eigenvalue weighted by Crippen LogP contribution is -2.30. The van der Waals surface area contributed by atoms with E-state index in [2.05, 4.69) is 74.8 Å². The molecule has 0 N–H and O–H groups in total. The van der Waals surface area contributed by atoms with Gasteiger partial charge in [0.05, 0.1) is 31.8 Å². The lowest BCUT2D eigenvalue weighted by atomic mass is 9.85. The summed E-state index contributed by atoms with van der Waals surface area (Å²) in [5.74, 6) is 6.27. The van der Waals surface area contributed by atoms with Crippen LogP contribution in [0.15, 0.2) is 78.5 Å². The molecule has 2 heteroatoms. The molecular formula is C28H34O2. The first-order chi connectivity index (χ1) is 14.4. The summed E-state index contributed by atoms with van der Waals surface area (Å²) >= 11 is 0. The summed E-state index contributed by atoms with van der Waals surface area (Å²) < 4.78 is 12.3. The van der Waals surface area contributed by atoms with Crippen LogP contribution in [0.2, 0.25) is 0 Å². The minimum Gasteiger partial charge on any atom is -0.376 e. The van der Waals surface area contributed by atoms with E-state index in [4.69, 9.17) is 9.47 Å². The highest BCUT2D eigenvalue weighted by Gasteiger charge is 2.28. The average molecular weight is 403 g/mol. The van der Waals surface area contributed by atoms with Crippen LogP contribution in [0.25, 0.3) is 0 Å². The second-order valence-corrected chi connectivity index (χ2v) is 8.74. The van der Waals surface area contributed by atoms with Gasteiger partial charge in [-0.15, -0.1) is 17.6 Å². The van der Waals surface area contributed by atoms with Crippen LogP contribution in [0.1, 0.15) is 45.2 Å². The Bertz CT molecular complexity index is 812. The van der Waals surface area contributed by atoms with Crippen molar-refractivity contribution in [1.29, 1.82) is 0 Å². The average Bonchev–Trinajstić information content (AvgIpc) is 2.73. The summed E-state index contributed by atoms with van der Waals surface area (Å²) in [6.07, 6.45) is 4.85. The SMILES string of the molecule is CC#CCC(C=C=CC(C)(C)C)(COCc1ccccc1)COCc1ccccc1. The maximum Gasteiger partial charge on any atom is 0.0717 e. The molecule has 2 rings (SSSR count). The van der Waals surface area contributed by atoms with Gasteiger partial charge in [-0.25, -0.2) is 0 Å². The lowest BCUT2D eigenvalue weighted by molar-refractivity contribution is -0.00637. The van der Waals surface area contributed by atoms with Gasteiger partial charge < -0.3 is 9.47 Å². The Balaban J connectivity index is 2.15. The van der Waals surface area contributed by atoms with Crippen molar-refractivity contribution < 1.29 is 9.47 Å². The Morgan fingerprint density at radius 2 is 1.27 bits per heavy atom. The van der Waals surface area contributed by atoms with Crippen LogP contribution in [0, 0.1) is 22.7 Å². The van der Waals surface area contributed by atoms with Gasteiger partial charge in [0.15, 0.2) is 0 Å². The topological polar surface area (TPSA) is 18.5 Å². The highest BCUT2D eigenvalue weighted by Crippen LogP contribution is 2.27. The first-order valence-corrected chi connectivity index (χ1v) is 10.5. The molecular weight excluding hydrogens is 368 g/mol. The van der Waals surface area contributed by atoms with Crippen LogP contribution in [0.3, 0.4) is 0 Å². The molecule has 0 aliphatic heterocycles.